The van der Waals surface area contributed by atoms with Crippen molar-refractivity contribution < 1.29 is 0 Å². The van der Waals surface area contributed by atoms with Crippen LogP contribution in [0.15, 0.2) is 0 Å². The van der Waals surface area contributed by atoms with E-state index in [2.05, 4.69) is 20.8 Å². The molecular formula is C19H40. The van der Waals surface area contributed by atoms with Crippen molar-refractivity contribution in [3.05, 3.63) is 0 Å². The maximum Gasteiger partial charge on any atom is -0.0445 e. The minimum atomic E-state index is 0.952. The van der Waals surface area contributed by atoms with Crippen molar-refractivity contribution in [3.63, 3.8) is 0 Å². The third-order valence-corrected chi connectivity index (χ3v) is 4.50. The van der Waals surface area contributed by atoms with E-state index in [1.807, 2.05) is 0 Å². The fourth-order valence-corrected chi connectivity index (χ4v) is 2.71. The van der Waals surface area contributed by atoms with Crippen LogP contribution in [-0.2, 0) is 0 Å². The molecule has 0 aromatic heterocycles. The van der Waals surface area contributed by atoms with Crippen LogP contribution < -0.4 is 0 Å². The third-order valence-electron chi connectivity index (χ3n) is 4.50. The molecule has 0 rings (SSSR count). The minimum absolute atomic E-state index is 0.952. The lowest BCUT2D eigenvalue weighted by Gasteiger charge is -2.07. The molecule has 0 N–H and O–H groups in total. The normalized spacial score (nSPS) is 12.8. The lowest BCUT2D eigenvalue weighted by Crippen LogP contribution is -1.91. The van der Waals surface area contributed by atoms with Crippen molar-refractivity contribution in [1.82, 2.24) is 0 Å². The summed E-state index contributed by atoms with van der Waals surface area (Å²) in [6.45, 7) is 7.00. The molecule has 0 saturated heterocycles. The molecule has 0 bridgehead atoms. The Morgan fingerprint density at radius 1 is 0.526 bits per heavy atom. The Morgan fingerprint density at radius 2 is 0.895 bits per heavy atom. The molecule has 0 aromatic rings. The monoisotopic (exact) mass is 268 g/mol. The van der Waals surface area contributed by atoms with Crippen LogP contribution in [0.1, 0.15) is 117 Å². The Morgan fingerprint density at radius 3 is 1.26 bits per heavy atom. The SMILES string of the molecule is CCCCCCCCCCCCCCC[C@H](C)CC. The molecule has 0 radical (unpaired) electrons. The van der Waals surface area contributed by atoms with Gasteiger partial charge in [-0.15, -0.1) is 0 Å². The average Bonchev–Trinajstić information content (AvgIpc) is 2.43. The van der Waals surface area contributed by atoms with Gasteiger partial charge < -0.3 is 0 Å². The van der Waals surface area contributed by atoms with Gasteiger partial charge in [0.15, 0.2) is 0 Å². The van der Waals surface area contributed by atoms with E-state index in [9.17, 15) is 0 Å². The third kappa shape index (κ3) is 15.9. The fourth-order valence-electron chi connectivity index (χ4n) is 2.71. The topological polar surface area (TPSA) is 0 Å². The molecule has 0 saturated carbocycles. The van der Waals surface area contributed by atoms with E-state index in [-0.39, 0.29) is 0 Å². The molecule has 0 fully saturated rings. The molecular weight excluding hydrogens is 228 g/mol. The van der Waals surface area contributed by atoms with Crippen molar-refractivity contribution in [2.24, 2.45) is 5.92 Å². The second-order valence-electron chi connectivity index (χ2n) is 6.54. The lowest BCUT2D eigenvalue weighted by atomic mass is 9.99. The zero-order valence-electron chi connectivity index (χ0n) is 14.2. The van der Waals surface area contributed by atoms with Gasteiger partial charge in [0.2, 0.25) is 0 Å². The smallest absolute Gasteiger partial charge is 0.0445 e. The molecule has 0 aromatic carbocycles. The molecule has 0 aliphatic heterocycles. The van der Waals surface area contributed by atoms with E-state index in [4.69, 9.17) is 0 Å². The van der Waals surface area contributed by atoms with Gasteiger partial charge in [-0.1, -0.05) is 117 Å². The lowest BCUT2D eigenvalue weighted by molar-refractivity contribution is 0.468. The molecule has 0 aliphatic rings. The van der Waals surface area contributed by atoms with E-state index in [1.165, 1.54) is 96.3 Å². The van der Waals surface area contributed by atoms with E-state index in [0.717, 1.165) is 5.92 Å². The summed E-state index contributed by atoms with van der Waals surface area (Å²) in [4.78, 5) is 0. The summed E-state index contributed by atoms with van der Waals surface area (Å²) >= 11 is 0. The zero-order valence-corrected chi connectivity index (χ0v) is 14.2. The van der Waals surface area contributed by atoms with Gasteiger partial charge in [-0.3, -0.25) is 0 Å². The highest BCUT2D eigenvalue weighted by Crippen LogP contribution is 2.15. The van der Waals surface area contributed by atoms with Crippen molar-refractivity contribution >= 4 is 0 Å². The van der Waals surface area contributed by atoms with Crippen molar-refractivity contribution in [2.75, 3.05) is 0 Å². The molecule has 116 valence electrons. The maximum atomic E-state index is 2.39. The van der Waals surface area contributed by atoms with Crippen molar-refractivity contribution in [3.8, 4) is 0 Å². The van der Waals surface area contributed by atoms with Crippen molar-refractivity contribution in [1.29, 1.82) is 0 Å². The van der Waals surface area contributed by atoms with Gasteiger partial charge in [-0.2, -0.15) is 0 Å². The highest BCUT2D eigenvalue weighted by Gasteiger charge is 1.98. The van der Waals surface area contributed by atoms with E-state index < -0.39 is 0 Å². The molecule has 0 heterocycles. The molecule has 0 nitrogen and oxygen atoms in total. The Bertz CT molecular complexity index is 150. The van der Waals surface area contributed by atoms with Gasteiger partial charge in [0.05, 0.1) is 0 Å². The van der Waals surface area contributed by atoms with Crippen LogP contribution in [0.4, 0.5) is 0 Å². The highest BCUT2D eigenvalue weighted by atomic mass is 14.0. The van der Waals surface area contributed by atoms with Crippen LogP contribution in [-0.4, -0.2) is 0 Å². The molecule has 0 spiro atoms. The second kappa shape index (κ2) is 16.1. The van der Waals surface area contributed by atoms with Crippen LogP contribution >= 0.6 is 0 Å². The Balaban J connectivity index is 2.95. The van der Waals surface area contributed by atoms with E-state index in [0.29, 0.717) is 0 Å². The van der Waals surface area contributed by atoms with E-state index in [1.54, 1.807) is 0 Å². The summed E-state index contributed by atoms with van der Waals surface area (Å²) in [5.74, 6) is 0.952. The number of hydrogen-bond donors (Lipinski definition) is 0. The Labute approximate surface area is 123 Å². The predicted molar refractivity (Wildman–Crippen MR) is 89.8 cm³/mol. The average molecular weight is 269 g/mol. The summed E-state index contributed by atoms with van der Waals surface area (Å²) in [6, 6.07) is 0. The van der Waals surface area contributed by atoms with Crippen LogP contribution in [0, 0.1) is 5.92 Å². The van der Waals surface area contributed by atoms with Gasteiger partial charge in [0.25, 0.3) is 0 Å². The fraction of sp³-hybridized carbons (Fsp3) is 1.00. The number of unbranched alkanes of at least 4 members (excludes halogenated alkanes) is 12. The Hall–Kier alpha value is 0. The molecule has 0 unspecified atom stereocenters. The maximum absolute atomic E-state index is 2.39. The molecule has 1 atom stereocenters. The summed E-state index contributed by atoms with van der Waals surface area (Å²) < 4.78 is 0. The minimum Gasteiger partial charge on any atom is -0.0654 e. The van der Waals surface area contributed by atoms with Crippen LogP contribution in [0.25, 0.3) is 0 Å². The summed E-state index contributed by atoms with van der Waals surface area (Å²) in [5, 5.41) is 0. The second-order valence-corrected chi connectivity index (χ2v) is 6.54. The Kier molecular flexibility index (Phi) is 16.1. The first-order valence-electron chi connectivity index (χ1n) is 9.31. The van der Waals surface area contributed by atoms with Crippen LogP contribution in [0.5, 0.6) is 0 Å². The van der Waals surface area contributed by atoms with Crippen molar-refractivity contribution in [2.45, 2.75) is 117 Å². The van der Waals surface area contributed by atoms with Gasteiger partial charge >= 0.3 is 0 Å². The first-order chi connectivity index (χ1) is 9.31. The van der Waals surface area contributed by atoms with Crippen LogP contribution in [0.3, 0.4) is 0 Å². The highest BCUT2D eigenvalue weighted by molar-refractivity contribution is 4.52. The summed E-state index contributed by atoms with van der Waals surface area (Å²) in [6.07, 6.45) is 21.9. The predicted octanol–water partition coefficient (Wildman–Crippen LogP) is 7.51. The zero-order chi connectivity index (χ0) is 14.2. The summed E-state index contributed by atoms with van der Waals surface area (Å²) in [5.41, 5.74) is 0. The van der Waals surface area contributed by atoms with Crippen LogP contribution in [0.2, 0.25) is 0 Å². The van der Waals surface area contributed by atoms with Gasteiger partial charge in [-0.25, -0.2) is 0 Å². The molecule has 0 amide bonds. The largest absolute Gasteiger partial charge is 0.0654 e. The standard InChI is InChI=1S/C19H40/c1-4-6-7-8-9-10-11-12-13-14-15-16-17-18-19(3)5-2/h19H,4-18H2,1-3H3/t19-/m1/s1. The molecule has 0 aliphatic carbocycles. The number of hydrogen-bond acceptors (Lipinski definition) is 0. The van der Waals surface area contributed by atoms with E-state index >= 15 is 0 Å². The molecule has 19 heavy (non-hydrogen) atoms. The first-order valence-corrected chi connectivity index (χ1v) is 9.31. The van der Waals surface area contributed by atoms with Gasteiger partial charge in [0, 0.05) is 0 Å². The summed E-state index contributed by atoms with van der Waals surface area (Å²) in [7, 11) is 0. The number of rotatable bonds is 15. The first kappa shape index (κ1) is 19.0. The quantitative estimate of drug-likeness (QED) is 0.269. The van der Waals surface area contributed by atoms with Gasteiger partial charge in [-0.05, 0) is 5.92 Å². The van der Waals surface area contributed by atoms with Gasteiger partial charge in [0.1, 0.15) is 0 Å². The molecule has 0 heteroatoms.